The van der Waals surface area contributed by atoms with E-state index in [1.54, 1.807) is 14.2 Å². The van der Waals surface area contributed by atoms with Gasteiger partial charge in [-0.2, -0.15) is 0 Å². The molecule has 2 saturated heterocycles. The number of ether oxygens (including phenoxy) is 5. The highest BCUT2D eigenvalue weighted by molar-refractivity contribution is 7.52. The van der Waals surface area contributed by atoms with Gasteiger partial charge < -0.3 is 67.5 Å². The van der Waals surface area contributed by atoms with Crippen LogP contribution in [0, 0.1) is 0 Å². The minimum absolute atomic E-state index is 0.0243. The summed E-state index contributed by atoms with van der Waals surface area (Å²) in [4.78, 5) is 26.7. The van der Waals surface area contributed by atoms with Crippen LogP contribution >= 0.6 is 22.8 Å². The molecule has 17 nitrogen and oxygen atoms in total. The summed E-state index contributed by atoms with van der Waals surface area (Å²) in [7, 11) is 1.38. The van der Waals surface area contributed by atoms with Crippen LogP contribution in [0.4, 0.5) is 0 Å². The van der Waals surface area contributed by atoms with Crippen LogP contribution in [0.2, 0.25) is 0 Å². The van der Waals surface area contributed by atoms with Crippen molar-refractivity contribution >= 4 is 30.6 Å². The van der Waals surface area contributed by atoms with Gasteiger partial charge in [0, 0.05) is 53.7 Å². The van der Waals surface area contributed by atoms with Crippen molar-refractivity contribution in [3.05, 3.63) is 0 Å². The lowest BCUT2D eigenvalue weighted by molar-refractivity contribution is -0.107. The minimum atomic E-state index is -3.53. The van der Waals surface area contributed by atoms with Crippen LogP contribution in [-0.4, -0.2) is 156 Å². The van der Waals surface area contributed by atoms with Crippen molar-refractivity contribution in [1.29, 1.82) is 0 Å². The molecular formula is C22H49BNO16P3. The van der Waals surface area contributed by atoms with Crippen molar-refractivity contribution < 1.29 is 75.8 Å². The average molecular weight is 687 g/mol. The Balaban J connectivity index is 0.000000616. The van der Waals surface area contributed by atoms with Gasteiger partial charge in [0.1, 0.15) is 26.2 Å². The van der Waals surface area contributed by atoms with Crippen LogP contribution in [0.1, 0.15) is 19.3 Å². The van der Waals surface area contributed by atoms with Gasteiger partial charge >= 0.3 is 22.8 Å². The number of hydrogen-bond acceptors (Lipinski definition) is 14. The molecule has 11 atom stereocenters. The van der Waals surface area contributed by atoms with Gasteiger partial charge in [-0.1, -0.05) is 0 Å². The number of rotatable bonds is 16. The summed E-state index contributed by atoms with van der Waals surface area (Å²) in [5, 5.41) is 21.7. The number of aliphatic hydroxyl groups excluding tert-OH is 2. The zero-order valence-electron chi connectivity index (χ0n) is 25.7. The van der Waals surface area contributed by atoms with Gasteiger partial charge in [-0.05, 0) is 26.4 Å². The summed E-state index contributed by atoms with van der Waals surface area (Å²) < 4.78 is 72.0. The van der Waals surface area contributed by atoms with E-state index in [1.807, 2.05) is 0 Å². The molecule has 21 heteroatoms. The Labute approximate surface area is 254 Å². The number of hydrogen-bond donors (Lipinski definition) is 6. The molecule has 0 aromatic heterocycles. The Morgan fingerprint density at radius 2 is 1.33 bits per heavy atom. The lowest BCUT2D eigenvalue weighted by Gasteiger charge is -2.21. The smallest absolute Gasteiger partial charge is 0.325 e. The first-order valence-corrected chi connectivity index (χ1v) is 19.3. The first-order chi connectivity index (χ1) is 19.7. The van der Waals surface area contributed by atoms with Crippen LogP contribution in [-0.2, 0) is 51.0 Å². The third kappa shape index (κ3) is 21.6. The molecule has 43 heavy (non-hydrogen) atoms. The molecule has 6 N–H and O–H groups in total. The third-order valence-corrected chi connectivity index (χ3v) is 7.75. The predicted octanol–water partition coefficient (Wildman–Crippen LogP) is -0.139. The Kier molecular flexibility index (Phi) is 21.2. The van der Waals surface area contributed by atoms with Crippen LogP contribution in [0.15, 0.2) is 0 Å². The largest absolute Gasteiger partial charge is 0.388 e. The van der Waals surface area contributed by atoms with Crippen LogP contribution < -0.4 is 5.32 Å². The quantitative estimate of drug-likeness (QED) is 0.0914. The maximum absolute atomic E-state index is 10.9. The highest BCUT2D eigenvalue weighted by Gasteiger charge is 2.36. The van der Waals surface area contributed by atoms with Gasteiger partial charge in [-0.25, -0.2) is 0 Å². The Morgan fingerprint density at radius 1 is 0.860 bits per heavy atom. The molecule has 0 aromatic carbocycles. The average Bonchev–Trinajstić information content (AvgIpc) is 3.45. The Morgan fingerprint density at radius 3 is 1.74 bits per heavy atom. The maximum Gasteiger partial charge on any atom is 0.325 e. The lowest BCUT2D eigenvalue weighted by atomic mass is 9.96. The fourth-order valence-corrected chi connectivity index (χ4v) is 5.01. The fraction of sp³-hybridized carbons (Fsp3) is 1.00. The van der Waals surface area contributed by atoms with Crippen molar-refractivity contribution in [1.82, 2.24) is 5.32 Å². The Bertz CT molecular complexity index is 841. The van der Waals surface area contributed by atoms with Gasteiger partial charge in [-0.3, -0.25) is 13.7 Å². The van der Waals surface area contributed by atoms with E-state index in [1.165, 1.54) is 14.2 Å². The third-order valence-electron chi connectivity index (χ3n) is 5.87. The standard InChI is InChI=1S/C8H20NO5P.C7H14BO5P.C7H15O6P/c1-9-5-4-8(13-2)7(10)6-14-15(3,11)12;2*1-11-5-3-7(8)13-6(5)4-12-14(2,9)10/h7-10H,4-6H2,1-3H3,(H,11,12);5-7H,3-4H2,1-2H3,(H,9,10);5-8H,3-4H2,1-2H3,(H,9,10)/t7?,8-;2*5-,6?,7?/m111/s1. The monoisotopic (exact) mass is 687 g/mol. The van der Waals surface area contributed by atoms with E-state index < -0.39 is 47.4 Å². The van der Waals surface area contributed by atoms with Crippen molar-refractivity contribution in [3.8, 4) is 0 Å². The molecule has 0 amide bonds. The van der Waals surface area contributed by atoms with E-state index in [2.05, 4.69) is 14.4 Å². The van der Waals surface area contributed by atoms with E-state index in [-0.39, 0.29) is 44.1 Å². The number of aliphatic hydroxyl groups is 2. The zero-order valence-corrected chi connectivity index (χ0v) is 28.4. The zero-order chi connectivity index (χ0) is 33.4. The van der Waals surface area contributed by atoms with Gasteiger partial charge in [0.05, 0.1) is 38.1 Å². The summed E-state index contributed by atoms with van der Waals surface area (Å²) in [6.07, 6.45) is -1.97. The minimum Gasteiger partial charge on any atom is -0.388 e. The first-order valence-electron chi connectivity index (χ1n) is 13.2. The Hall–Kier alpha value is 0.195. The van der Waals surface area contributed by atoms with E-state index in [0.717, 1.165) is 20.0 Å². The summed E-state index contributed by atoms with van der Waals surface area (Å²) >= 11 is 0. The van der Waals surface area contributed by atoms with E-state index in [4.69, 9.17) is 55.8 Å². The second-order valence-electron chi connectivity index (χ2n) is 9.89. The SMILES string of the molecule is CNCC[C@@H](OC)C(O)COP(C)(=O)O.CO[C@@H]1CC(O)OC1COP(C)(=O)O.[B]C1C[C@@H](OC)C(COP(C)(=O)O)O1. The topological polar surface area (TPSA) is 238 Å². The molecule has 0 spiro atoms. The molecule has 0 aromatic rings. The fourth-order valence-electron chi connectivity index (χ4n) is 3.73. The normalized spacial score (nSPS) is 30.9. The van der Waals surface area contributed by atoms with E-state index in [9.17, 15) is 18.8 Å². The summed E-state index contributed by atoms with van der Waals surface area (Å²) in [5.41, 5.74) is 0. The predicted molar refractivity (Wildman–Crippen MR) is 157 cm³/mol. The van der Waals surface area contributed by atoms with Gasteiger partial charge in [0.2, 0.25) is 0 Å². The van der Waals surface area contributed by atoms with Gasteiger partial charge in [0.25, 0.3) is 0 Å². The molecule has 0 bridgehead atoms. The van der Waals surface area contributed by atoms with Crippen molar-refractivity contribution in [2.24, 2.45) is 0 Å². The molecule has 2 radical (unpaired) electrons. The van der Waals surface area contributed by atoms with E-state index >= 15 is 0 Å². The molecule has 2 heterocycles. The molecule has 0 saturated carbocycles. The summed E-state index contributed by atoms with van der Waals surface area (Å²) in [6.45, 7) is 3.76. The lowest BCUT2D eigenvalue weighted by Crippen LogP contribution is -2.34. The summed E-state index contributed by atoms with van der Waals surface area (Å²) in [5.74, 6) is 0. The molecule has 0 aliphatic carbocycles. The first kappa shape index (κ1) is 43.2. The molecule has 2 fully saturated rings. The molecule has 256 valence electrons. The van der Waals surface area contributed by atoms with Gasteiger partial charge in [0.15, 0.2) is 6.29 Å². The molecule has 8 unspecified atom stereocenters. The maximum atomic E-state index is 10.9. The van der Waals surface area contributed by atoms with Crippen LogP contribution in [0.25, 0.3) is 0 Å². The second kappa shape index (κ2) is 21.1. The second-order valence-corrected chi connectivity index (χ2v) is 15.5. The molecular weight excluding hydrogens is 638 g/mol. The van der Waals surface area contributed by atoms with Gasteiger partial charge in [-0.15, -0.1) is 0 Å². The number of nitrogens with one attached hydrogen (secondary N) is 1. The molecule has 2 aliphatic heterocycles. The van der Waals surface area contributed by atoms with Crippen molar-refractivity contribution in [2.75, 3.05) is 74.7 Å². The van der Waals surface area contributed by atoms with Crippen molar-refractivity contribution in [3.63, 3.8) is 0 Å². The molecule has 2 rings (SSSR count). The van der Waals surface area contributed by atoms with Crippen LogP contribution in [0.5, 0.6) is 0 Å². The van der Waals surface area contributed by atoms with Crippen LogP contribution in [0.3, 0.4) is 0 Å². The number of methoxy groups -OCH3 is 3. The highest BCUT2D eigenvalue weighted by Crippen LogP contribution is 2.39. The highest BCUT2D eigenvalue weighted by atomic mass is 31.2. The van der Waals surface area contributed by atoms with E-state index in [0.29, 0.717) is 25.8 Å². The molecule has 2 aliphatic rings. The van der Waals surface area contributed by atoms with Crippen molar-refractivity contribution in [2.45, 2.75) is 68.2 Å². The summed E-state index contributed by atoms with van der Waals surface area (Å²) in [6, 6.07) is -0.386.